The molecule has 13 heavy (non-hydrogen) atoms. The van der Waals surface area contributed by atoms with Crippen LogP contribution in [0.3, 0.4) is 0 Å². The normalized spacial score (nSPS) is 10.5. The van der Waals surface area contributed by atoms with Crippen LogP contribution < -0.4 is 0 Å². The van der Waals surface area contributed by atoms with Crippen LogP contribution in [-0.2, 0) is 0 Å². The molecule has 0 unspecified atom stereocenters. The molecule has 0 aliphatic carbocycles. The van der Waals surface area contributed by atoms with Gasteiger partial charge in [-0.25, -0.2) is 4.79 Å². The van der Waals surface area contributed by atoms with Gasteiger partial charge in [0.05, 0.1) is 6.21 Å². The van der Waals surface area contributed by atoms with E-state index >= 15 is 0 Å². The van der Waals surface area contributed by atoms with Crippen molar-refractivity contribution in [2.75, 3.05) is 0 Å². The summed E-state index contributed by atoms with van der Waals surface area (Å²) in [5.74, 6) is -1.64. The van der Waals surface area contributed by atoms with Gasteiger partial charge >= 0.3 is 5.97 Å². The summed E-state index contributed by atoms with van der Waals surface area (Å²) in [5.41, 5.74) is -0.0696. The molecule has 0 saturated carbocycles. The van der Waals surface area contributed by atoms with Gasteiger partial charge in [0.1, 0.15) is 11.3 Å². The molecule has 1 rings (SSSR count). The molecule has 0 aromatic heterocycles. The second-order valence-electron chi connectivity index (χ2n) is 2.29. The van der Waals surface area contributed by atoms with E-state index in [0.29, 0.717) is 0 Å². The minimum Gasteiger partial charge on any atom is -0.506 e. The molecule has 0 saturated heterocycles. The smallest absolute Gasteiger partial charge is 0.339 e. The van der Waals surface area contributed by atoms with Crippen molar-refractivity contribution >= 4 is 12.2 Å². The molecule has 0 bridgehead atoms. The monoisotopic (exact) mass is 181 g/mol. The van der Waals surface area contributed by atoms with Crippen LogP contribution in [0.4, 0.5) is 0 Å². The van der Waals surface area contributed by atoms with E-state index in [9.17, 15) is 9.90 Å². The number of hydrogen-bond donors (Lipinski definition) is 3. The SMILES string of the molecule is O=C(O)c1cccc(C=NO)c1O. The van der Waals surface area contributed by atoms with Gasteiger partial charge in [-0.2, -0.15) is 0 Å². The Hall–Kier alpha value is -2.04. The standard InChI is InChI=1S/C8H7NO4/c10-7-5(4-9-13)2-1-3-6(7)8(11)12/h1-4,10,13H,(H,11,12). The zero-order valence-electron chi connectivity index (χ0n) is 6.51. The molecular formula is C8H7NO4. The lowest BCUT2D eigenvalue weighted by Gasteiger charge is -2.00. The van der Waals surface area contributed by atoms with Crippen LogP contribution in [0.2, 0.25) is 0 Å². The van der Waals surface area contributed by atoms with Gasteiger partial charge in [0.15, 0.2) is 0 Å². The molecular weight excluding hydrogens is 174 g/mol. The Balaban J connectivity index is 3.26. The Morgan fingerprint density at radius 1 is 1.46 bits per heavy atom. The van der Waals surface area contributed by atoms with Gasteiger partial charge in [-0.05, 0) is 12.1 Å². The fraction of sp³-hybridized carbons (Fsp3) is 0. The van der Waals surface area contributed by atoms with E-state index in [-0.39, 0.29) is 11.1 Å². The maximum atomic E-state index is 10.5. The number of phenols is 1. The minimum atomic E-state index is -1.23. The highest BCUT2D eigenvalue weighted by molar-refractivity contribution is 5.95. The van der Waals surface area contributed by atoms with Crippen LogP contribution >= 0.6 is 0 Å². The highest BCUT2D eigenvalue weighted by Gasteiger charge is 2.11. The van der Waals surface area contributed by atoms with Gasteiger partial charge in [-0.15, -0.1) is 0 Å². The molecule has 3 N–H and O–H groups in total. The third-order valence-electron chi connectivity index (χ3n) is 1.49. The molecule has 0 atom stereocenters. The van der Waals surface area contributed by atoms with Crippen LogP contribution in [0.1, 0.15) is 15.9 Å². The highest BCUT2D eigenvalue weighted by atomic mass is 16.4. The number of carboxylic acid groups (broad SMARTS) is 1. The summed E-state index contributed by atoms with van der Waals surface area (Å²) in [7, 11) is 0. The average molecular weight is 181 g/mol. The summed E-state index contributed by atoms with van der Waals surface area (Å²) in [5, 5.41) is 28.8. The van der Waals surface area contributed by atoms with Gasteiger partial charge < -0.3 is 15.4 Å². The molecule has 1 aromatic carbocycles. The van der Waals surface area contributed by atoms with Gasteiger partial charge in [-0.3, -0.25) is 0 Å². The van der Waals surface area contributed by atoms with Gasteiger partial charge in [0.2, 0.25) is 0 Å². The quantitative estimate of drug-likeness (QED) is 0.359. The summed E-state index contributed by atoms with van der Waals surface area (Å²) in [4.78, 5) is 10.5. The average Bonchev–Trinajstić information content (AvgIpc) is 2.08. The van der Waals surface area contributed by atoms with Crippen LogP contribution in [-0.4, -0.2) is 27.6 Å². The van der Waals surface area contributed by atoms with E-state index in [1.807, 2.05) is 0 Å². The molecule has 1 aromatic rings. The molecule has 0 amide bonds. The fourth-order valence-corrected chi connectivity index (χ4v) is 0.900. The third-order valence-corrected chi connectivity index (χ3v) is 1.49. The fourth-order valence-electron chi connectivity index (χ4n) is 0.900. The summed E-state index contributed by atoms with van der Waals surface area (Å²) in [6.45, 7) is 0. The number of para-hydroxylation sites is 1. The van der Waals surface area contributed by atoms with Gasteiger partial charge in [0, 0.05) is 5.56 Å². The second kappa shape index (κ2) is 3.57. The molecule has 5 nitrogen and oxygen atoms in total. The molecule has 0 aliphatic rings. The van der Waals surface area contributed by atoms with E-state index < -0.39 is 11.7 Å². The lowest BCUT2D eigenvalue weighted by Crippen LogP contribution is -1.98. The number of carbonyl (C=O) groups is 1. The molecule has 0 fully saturated rings. The number of aromatic carboxylic acids is 1. The lowest BCUT2D eigenvalue weighted by molar-refractivity contribution is 0.0693. The number of oxime groups is 1. The Labute approximate surface area is 73.6 Å². The summed E-state index contributed by atoms with van der Waals surface area (Å²) >= 11 is 0. The van der Waals surface area contributed by atoms with Crippen molar-refractivity contribution in [2.45, 2.75) is 0 Å². The minimum absolute atomic E-state index is 0.155. The first-order chi connectivity index (χ1) is 6.16. The number of nitrogens with zero attached hydrogens (tertiary/aromatic N) is 1. The van der Waals surface area contributed by atoms with Crippen LogP contribution in [0.15, 0.2) is 23.4 Å². The first-order valence-electron chi connectivity index (χ1n) is 3.39. The van der Waals surface area contributed by atoms with E-state index in [1.54, 1.807) is 0 Å². The van der Waals surface area contributed by atoms with Crippen molar-refractivity contribution in [3.8, 4) is 5.75 Å². The Morgan fingerprint density at radius 2 is 2.15 bits per heavy atom. The van der Waals surface area contributed by atoms with E-state index in [0.717, 1.165) is 6.21 Å². The first kappa shape index (κ1) is 9.05. The predicted molar refractivity (Wildman–Crippen MR) is 44.4 cm³/mol. The molecule has 0 aliphatic heterocycles. The van der Waals surface area contributed by atoms with Crippen molar-refractivity contribution < 1.29 is 20.2 Å². The van der Waals surface area contributed by atoms with Crippen LogP contribution in [0.5, 0.6) is 5.75 Å². The van der Waals surface area contributed by atoms with E-state index in [4.69, 9.17) is 10.3 Å². The Kier molecular flexibility index (Phi) is 2.49. The van der Waals surface area contributed by atoms with E-state index in [2.05, 4.69) is 5.16 Å². The summed E-state index contributed by atoms with van der Waals surface area (Å²) < 4.78 is 0. The number of benzene rings is 1. The largest absolute Gasteiger partial charge is 0.506 e. The van der Waals surface area contributed by atoms with Crippen molar-refractivity contribution in [1.82, 2.24) is 0 Å². The summed E-state index contributed by atoms with van der Waals surface area (Å²) in [6.07, 6.45) is 0.960. The van der Waals surface area contributed by atoms with Gasteiger partial charge in [-0.1, -0.05) is 11.2 Å². The van der Waals surface area contributed by atoms with Crippen molar-refractivity contribution in [3.05, 3.63) is 29.3 Å². The number of rotatable bonds is 2. The number of aromatic hydroxyl groups is 1. The molecule has 0 radical (unpaired) electrons. The Bertz CT molecular complexity index is 359. The van der Waals surface area contributed by atoms with E-state index in [1.165, 1.54) is 18.2 Å². The molecule has 5 heteroatoms. The number of hydrogen-bond acceptors (Lipinski definition) is 4. The first-order valence-corrected chi connectivity index (χ1v) is 3.39. The summed E-state index contributed by atoms with van der Waals surface area (Å²) in [6, 6.07) is 4.13. The number of carboxylic acids is 1. The van der Waals surface area contributed by atoms with Crippen LogP contribution in [0.25, 0.3) is 0 Å². The lowest BCUT2D eigenvalue weighted by atomic mass is 10.1. The van der Waals surface area contributed by atoms with Crippen molar-refractivity contribution in [3.63, 3.8) is 0 Å². The second-order valence-corrected chi connectivity index (χ2v) is 2.29. The van der Waals surface area contributed by atoms with Gasteiger partial charge in [0.25, 0.3) is 0 Å². The maximum Gasteiger partial charge on any atom is 0.339 e. The zero-order valence-corrected chi connectivity index (χ0v) is 6.51. The zero-order chi connectivity index (χ0) is 9.84. The van der Waals surface area contributed by atoms with Crippen molar-refractivity contribution in [2.24, 2.45) is 5.16 Å². The third kappa shape index (κ3) is 1.76. The molecule has 0 spiro atoms. The molecule has 0 heterocycles. The maximum absolute atomic E-state index is 10.5. The predicted octanol–water partition coefficient (Wildman–Crippen LogP) is 0.898. The molecule has 68 valence electrons. The Morgan fingerprint density at radius 3 is 2.69 bits per heavy atom. The topological polar surface area (TPSA) is 90.1 Å². The van der Waals surface area contributed by atoms with Crippen molar-refractivity contribution in [1.29, 1.82) is 0 Å². The highest BCUT2D eigenvalue weighted by Crippen LogP contribution is 2.20. The van der Waals surface area contributed by atoms with Crippen LogP contribution in [0, 0.1) is 0 Å².